The Morgan fingerprint density at radius 1 is 1.24 bits per heavy atom. The molecular formula is C17H19N3S. The van der Waals surface area contributed by atoms with Gasteiger partial charge in [-0.3, -0.25) is 4.98 Å². The quantitative estimate of drug-likeness (QED) is 0.663. The molecule has 1 unspecified atom stereocenters. The Morgan fingerprint density at radius 3 is 2.90 bits per heavy atom. The Kier molecular flexibility index (Phi) is 4.06. The summed E-state index contributed by atoms with van der Waals surface area (Å²) in [5.74, 6) is 0. The van der Waals surface area contributed by atoms with E-state index in [2.05, 4.69) is 40.8 Å². The standard InChI is InChI=1S/C17H19N3S/c1-2-4-16(17-5-3-10-21-17)20-15-7-6-14(18)12-8-9-19-11-13(12)15/h3,5-11,16,20H,2,4,18H2,1H3. The van der Waals surface area contributed by atoms with Gasteiger partial charge in [0, 0.05) is 39.4 Å². The highest BCUT2D eigenvalue weighted by molar-refractivity contribution is 7.10. The third-order valence-corrected chi connectivity index (χ3v) is 4.63. The van der Waals surface area contributed by atoms with Crippen molar-refractivity contribution in [1.29, 1.82) is 0 Å². The average molecular weight is 297 g/mol. The monoisotopic (exact) mass is 297 g/mol. The van der Waals surface area contributed by atoms with Gasteiger partial charge in [-0.15, -0.1) is 11.3 Å². The normalized spacial score (nSPS) is 12.4. The molecule has 0 saturated heterocycles. The third-order valence-electron chi connectivity index (χ3n) is 3.65. The minimum absolute atomic E-state index is 0.335. The summed E-state index contributed by atoms with van der Waals surface area (Å²) in [4.78, 5) is 5.60. The molecule has 1 atom stereocenters. The number of thiophene rings is 1. The first kappa shape index (κ1) is 13.9. The predicted molar refractivity (Wildman–Crippen MR) is 91.7 cm³/mol. The van der Waals surface area contributed by atoms with Gasteiger partial charge in [-0.25, -0.2) is 0 Å². The zero-order valence-corrected chi connectivity index (χ0v) is 12.9. The van der Waals surface area contributed by atoms with Crippen LogP contribution in [0.25, 0.3) is 10.8 Å². The van der Waals surface area contributed by atoms with Gasteiger partial charge in [0.05, 0.1) is 6.04 Å². The number of nitrogen functional groups attached to an aromatic ring is 1. The summed E-state index contributed by atoms with van der Waals surface area (Å²) in [6.45, 7) is 2.21. The van der Waals surface area contributed by atoms with Crippen molar-refractivity contribution in [3.05, 3.63) is 53.0 Å². The highest BCUT2D eigenvalue weighted by atomic mass is 32.1. The van der Waals surface area contributed by atoms with Crippen LogP contribution in [0, 0.1) is 0 Å². The van der Waals surface area contributed by atoms with Gasteiger partial charge < -0.3 is 11.1 Å². The van der Waals surface area contributed by atoms with E-state index < -0.39 is 0 Å². The van der Waals surface area contributed by atoms with E-state index in [4.69, 9.17) is 5.73 Å². The largest absolute Gasteiger partial charge is 0.398 e. The topological polar surface area (TPSA) is 50.9 Å². The Morgan fingerprint density at radius 2 is 2.14 bits per heavy atom. The lowest BCUT2D eigenvalue weighted by Gasteiger charge is -2.20. The lowest BCUT2D eigenvalue weighted by Crippen LogP contribution is -2.09. The SMILES string of the molecule is CCCC(Nc1ccc(N)c2ccncc12)c1cccs1. The molecule has 0 fully saturated rings. The number of rotatable bonds is 5. The average Bonchev–Trinajstić information content (AvgIpc) is 3.04. The van der Waals surface area contributed by atoms with Crippen LogP contribution in [0.1, 0.15) is 30.7 Å². The van der Waals surface area contributed by atoms with Crippen LogP contribution in [-0.4, -0.2) is 4.98 Å². The number of nitrogens with one attached hydrogen (secondary N) is 1. The Hall–Kier alpha value is -2.07. The van der Waals surface area contributed by atoms with Gasteiger partial charge in [0.25, 0.3) is 0 Å². The first-order valence-corrected chi connectivity index (χ1v) is 8.09. The maximum absolute atomic E-state index is 6.06. The first-order chi connectivity index (χ1) is 10.3. The van der Waals surface area contributed by atoms with E-state index in [1.165, 1.54) is 4.88 Å². The number of hydrogen-bond donors (Lipinski definition) is 2. The molecule has 21 heavy (non-hydrogen) atoms. The molecule has 1 aromatic carbocycles. The molecule has 3 aromatic rings. The lowest BCUT2D eigenvalue weighted by molar-refractivity contribution is 0.688. The highest BCUT2D eigenvalue weighted by Gasteiger charge is 2.13. The first-order valence-electron chi connectivity index (χ1n) is 7.21. The number of hydrogen-bond acceptors (Lipinski definition) is 4. The summed E-state index contributed by atoms with van der Waals surface area (Å²) >= 11 is 1.80. The molecule has 0 aliphatic heterocycles. The molecule has 0 amide bonds. The molecule has 3 N–H and O–H groups in total. The van der Waals surface area contributed by atoms with Crippen LogP contribution in [0.4, 0.5) is 11.4 Å². The fourth-order valence-electron chi connectivity index (χ4n) is 2.59. The summed E-state index contributed by atoms with van der Waals surface area (Å²) in [7, 11) is 0. The molecule has 0 spiro atoms. The van der Waals surface area contributed by atoms with Gasteiger partial charge in [-0.1, -0.05) is 19.4 Å². The number of aromatic nitrogens is 1. The fourth-order valence-corrected chi connectivity index (χ4v) is 3.40. The van der Waals surface area contributed by atoms with E-state index in [0.29, 0.717) is 6.04 Å². The Bertz CT molecular complexity index is 722. The van der Waals surface area contributed by atoms with Crippen molar-refractivity contribution in [3.8, 4) is 0 Å². The maximum atomic E-state index is 6.06. The number of nitrogens with zero attached hydrogens (tertiary/aromatic N) is 1. The number of benzene rings is 1. The number of fused-ring (bicyclic) bond motifs is 1. The highest BCUT2D eigenvalue weighted by Crippen LogP contribution is 2.32. The van der Waals surface area contributed by atoms with Crippen molar-refractivity contribution in [1.82, 2.24) is 4.98 Å². The molecule has 0 aliphatic carbocycles. The van der Waals surface area contributed by atoms with Crippen molar-refractivity contribution in [2.24, 2.45) is 0 Å². The smallest absolute Gasteiger partial charge is 0.0606 e. The molecule has 0 radical (unpaired) electrons. The van der Waals surface area contributed by atoms with Gasteiger partial charge in [-0.2, -0.15) is 0 Å². The minimum Gasteiger partial charge on any atom is -0.398 e. The van der Waals surface area contributed by atoms with Crippen molar-refractivity contribution >= 4 is 33.5 Å². The summed E-state index contributed by atoms with van der Waals surface area (Å²) in [5.41, 5.74) is 7.94. The summed E-state index contributed by atoms with van der Waals surface area (Å²) in [6, 6.07) is 10.6. The molecular weight excluding hydrogens is 278 g/mol. The van der Waals surface area contributed by atoms with E-state index in [9.17, 15) is 0 Å². The van der Waals surface area contributed by atoms with Gasteiger partial charge in [0.15, 0.2) is 0 Å². The fraction of sp³-hybridized carbons (Fsp3) is 0.235. The second-order valence-electron chi connectivity index (χ2n) is 5.12. The van der Waals surface area contributed by atoms with Gasteiger partial charge >= 0.3 is 0 Å². The third kappa shape index (κ3) is 2.85. The molecule has 4 heteroatoms. The van der Waals surface area contributed by atoms with Crippen molar-refractivity contribution in [3.63, 3.8) is 0 Å². The van der Waals surface area contributed by atoms with Gasteiger partial charge in [0.1, 0.15) is 0 Å². The minimum atomic E-state index is 0.335. The van der Waals surface area contributed by atoms with Crippen molar-refractivity contribution in [2.45, 2.75) is 25.8 Å². The van der Waals surface area contributed by atoms with Crippen LogP contribution in [0.3, 0.4) is 0 Å². The van der Waals surface area contributed by atoms with Crippen molar-refractivity contribution in [2.75, 3.05) is 11.1 Å². The second kappa shape index (κ2) is 6.14. The predicted octanol–water partition coefficient (Wildman–Crippen LogP) is 4.83. The Labute approximate surface area is 128 Å². The molecule has 0 bridgehead atoms. The van der Waals surface area contributed by atoms with Gasteiger partial charge in [-0.05, 0) is 36.1 Å². The van der Waals surface area contributed by atoms with Crippen LogP contribution in [0.15, 0.2) is 48.1 Å². The van der Waals surface area contributed by atoms with E-state index >= 15 is 0 Å². The van der Waals surface area contributed by atoms with Crippen LogP contribution < -0.4 is 11.1 Å². The zero-order chi connectivity index (χ0) is 14.7. The second-order valence-corrected chi connectivity index (χ2v) is 6.10. The molecule has 0 saturated carbocycles. The van der Waals surface area contributed by atoms with Crippen molar-refractivity contribution < 1.29 is 0 Å². The Balaban J connectivity index is 1.98. The van der Waals surface area contributed by atoms with E-state index in [1.54, 1.807) is 17.5 Å². The number of pyridine rings is 1. The van der Waals surface area contributed by atoms with E-state index in [-0.39, 0.29) is 0 Å². The maximum Gasteiger partial charge on any atom is 0.0606 e. The zero-order valence-electron chi connectivity index (χ0n) is 12.0. The van der Waals surface area contributed by atoms with E-state index in [0.717, 1.165) is 35.0 Å². The number of nitrogens with two attached hydrogens (primary N) is 1. The summed E-state index contributed by atoms with van der Waals surface area (Å²) in [6.07, 6.45) is 5.91. The molecule has 3 nitrogen and oxygen atoms in total. The van der Waals surface area contributed by atoms with Crippen LogP contribution >= 0.6 is 11.3 Å². The van der Waals surface area contributed by atoms with Crippen LogP contribution in [0.2, 0.25) is 0 Å². The molecule has 3 rings (SSSR count). The molecule has 108 valence electrons. The summed E-state index contributed by atoms with van der Waals surface area (Å²) < 4.78 is 0. The number of anilines is 2. The lowest BCUT2D eigenvalue weighted by atomic mass is 10.1. The van der Waals surface area contributed by atoms with Crippen LogP contribution in [0.5, 0.6) is 0 Å². The summed E-state index contributed by atoms with van der Waals surface area (Å²) in [5, 5.41) is 7.93. The molecule has 0 aliphatic rings. The van der Waals surface area contributed by atoms with Crippen LogP contribution in [-0.2, 0) is 0 Å². The molecule has 2 heterocycles. The van der Waals surface area contributed by atoms with E-state index in [1.807, 2.05) is 18.3 Å². The molecule has 2 aromatic heterocycles. The van der Waals surface area contributed by atoms with Gasteiger partial charge in [0.2, 0.25) is 0 Å².